The second-order valence-electron chi connectivity index (χ2n) is 7.43. The van der Waals surface area contributed by atoms with E-state index in [-0.39, 0.29) is 11.6 Å². The van der Waals surface area contributed by atoms with Crippen molar-refractivity contribution >= 4 is 11.5 Å². The highest BCUT2D eigenvalue weighted by atomic mass is 19.1. The fourth-order valence-electron chi connectivity index (χ4n) is 4.11. The molecule has 4 aromatic rings. The smallest absolute Gasteiger partial charge is 0.154 e. The van der Waals surface area contributed by atoms with Crippen LogP contribution in [-0.4, -0.2) is 21.1 Å². The van der Waals surface area contributed by atoms with E-state index in [9.17, 15) is 13.2 Å². The average molecular weight is 449 g/mol. The van der Waals surface area contributed by atoms with Gasteiger partial charge >= 0.3 is 0 Å². The van der Waals surface area contributed by atoms with Crippen molar-refractivity contribution in [3.8, 4) is 17.3 Å². The fourth-order valence-corrected chi connectivity index (χ4v) is 4.11. The lowest BCUT2D eigenvalue weighted by molar-refractivity contribution is 0.559. The molecule has 1 saturated heterocycles. The van der Waals surface area contributed by atoms with Crippen molar-refractivity contribution < 1.29 is 13.2 Å². The van der Waals surface area contributed by atoms with E-state index in [4.69, 9.17) is 5.26 Å². The summed E-state index contributed by atoms with van der Waals surface area (Å²) >= 11 is 0. The minimum Gasteiger partial charge on any atom is -0.348 e. The monoisotopic (exact) mass is 449 g/mol. The van der Waals surface area contributed by atoms with E-state index in [1.165, 1.54) is 18.2 Å². The van der Waals surface area contributed by atoms with E-state index < -0.39 is 17.5 Å². The van der Waals surface area contributed by atoms with Gasteiger partial charge in [-0.1, -0.05) is 19.9 Å². The maximum absolute atomic E-state index is 14.4. The Morgan fingerprint density at radius 2 is 1.82 bits per heavy atom. The third kappa shape index (κ3) is 4.14. The van der Waals surface area contributed by atoms with Gasteiger partial charge in [-0.3, -0.25) is 0 Å². The van der Waals surface area contributed by atoms with Crippen LogP contribution in [0.2, 0.25) is 0 Å². The molecule has 3 heterocycles. The van der Waals surface area contributed by atoms with E-state index in [1.807, 2.05) is 18.7 Å². The maximum Gasteiger partial charge on any atom is 0.154 e. The van der Waals surface area contributed by atoms with Crippen LogP contribution in [-0.2, 0) is 0 Å². The summed E-state index contributed by atoms with van der Waals surface area (Å²) in [4.78, 5) is 6.27. The van der Waals surface area contributed by atoms with E-state index >= 15 is 0 Å². The first kappa shape index (κ1) is 22.3. The lowest BCUT2D eigenvalue weighted by Gasteiger charge is -2.26. The number of fused-ring (bicyclic) bond motifs is 1. The second kappa shape index (κ2) is 9.33. The standard InChI is InChI=1S/C23H16F3N5.C2H6/c24-16-5-6-18(25)17(11-16)20-2-1-9-30(20)23-8-7-22-28-13-21(31(22)29-23)14-3-4-15(12-27)19(26)10-14;1-2/h3-8,10-11,13,20H,1-2,9H2;1-2H3. The van der Waals surface area contributed by atoms with Crippen molar-refractivity contribution in [1.29, 1.82) is 5.26 Å². The predicted octanol–water partition coefficient (Wildman–Crippen LogP) is 6.05. The number of halogens is 3. The molecule has 1 fully saturated rings. The molecule has 0 N–H and O–H groups in total. The van der Waals surface area contributed by atoms with E-state index in [1.54, 1.807) is 35.0 Å². The first-order valence-electron chi connectivity index (χ1n) is 10.8. The van der Waals surface area contributed by atoms with Crippen molar-refractivity contribution in [3.05, 3.63) is 83.3 Å². The number of nitrogens with zero attached hydrogens (tertiary/aromatic N) is 5. The van der Waals surface area contributed by atoms with Crippen molar-refractivity contribution in [3.63, 3.8) is 0 Å². The van der Waals surface area contributed by atoms with Crippen LogP contribution in [0.5, 0.6) is 0 Å². The number of hydrogen-bond donors (Lipinski definition) is 0. The quantitative estimate of drug-likeness (QED) is 0.382. The SMILES string of the molecule is CC.N#Cc1ccc(-c2cnc3ccc(N4CCCC4c4cc(F)ccc4F)nn23)cc1F. The highest BCUT2D eigenvalue weighted by molar-refractivity contribution is 5.65. The summed E-state index contributed by atoms with van der Waals surface area (Å²) in [6.45, 7) is 4.65. The Balaban J connectivity index is 0.00000126. The summed E-state index contributed by atoms with van der Waals surface area (Å²) in [7, 11) is 0. The molecule has 1 unspecified atom stereocenters. The Bertz CT molecular complexity index is 1340. The Kier molecular flexibility index (Phi) is 6.31. The average Bonchev–Trinajstić information content (AvgIpc) is 3.49. The van der Waals surface area contributed by atoms with Gasteiger partial charge in [-0.15, -0.1) is 5.10 Å². The third-order valence-electron chi connectivity index (χ3n) is 5.60. The molecular formula is C25H22F3N5. The normalized spacial score (nSPS) is 15.3. The van der Waals surface area contributed by atoms with Crippen LogP contribution in [0.4, 0.5) is 19.0 Å². The fraction of sp³-hybridized carbons (Fsp3) is 0.240. The number of aromatic nitrogens is 3. The molecule has 0 bridgehead atoms. The molecule has 1 atom stereocenters. The molecule has 2 aromatic heterocycles. The molecular weight excluding hydrogens is 427 g/mol. The molecule has 33 heavy (non-hydrogen) atoms. The summed E-state index contributed by atoms with van der Waals surface area (Å²) in [5, 5.41) is 13.6. The van der Waals surface area contributed by atoms with E-state index in [0.717, 1.165) is 18.6 Å². The van der Waals surface area contributed by atoms with Crippen molar-refractivity contribution in [2.24, 2.45) is 0 Å². The van der Waals surface area contributed by atoms with Crippen molar-refractivity contribution in [2.75, 3.05) is 11.4 Å². The lowest BCUT2D eigenvalue weighted by Crippen LogP contribution is -2.25. The summed E-state index contributed by atoms with van der Waals surface area (Å²) in [6, 6.07) is 12.9. The summed E-state index contributed by atoms with van der Waals surface area (Å²) < 4.78 is 43.9. The van der Waals surface area contributed by atoms with Gasteiger partial charge in [-0.25, -0.2) is 22.7 Å². The maximum atomic E-state index is 14.4. The Hall–Kier alpha value is -3.86. The zero-order valence-corrected chi connectivity index (χ0v) is 18.3. The van der Waals surface area contributed by atoms with Crippen LogP contribution in [0.3, 0.4) is 0 Å². The number of rotatable bonds is 3. The van der Waals surface area contributed by atoms with Gasteiger partial charge < -0.3 is 4.90 Å². The summed E-state index contributed by atoms with van der Waals surface area (Å²) in [5.41, 5.74) is 1.93. The number of nitriles is 1. The molecule has 1 aliphatic heterocycles. The third-order valence-corrected chi connectivity index (χ3v) is 5.60. The molecule has 1 aliphatic rings. The Morgan fingerprint density at radius 3 is 2.58 bits per heavy atom. The zero-order valence-electron chi connectivity index (χ0n) is 18.3. The molecule has 2 aromatic carbocycles. The Labute approximate surface area is 189 Å². The highest BCUT2D eigenvalue weighted by Gasteiger charge is 2.30. The first-order valence-corrected chi connectivity index (χ1v) is 10.8. The lowest BCUT2D eigenvalue weighted by atomic mass is 10.0. The topological polar surface area (TPSA) is 57.2 Å². The van der Waals surface area contributed by atoms with Gasteiger partial charge in [-0.05, 0) is 55.3 Å². The molecule has 0 aliphatic carbocycles. The van der Waals surface area contributed by atoms with Gasteiger partial charge in [0.1, 0.15) is 29.3 Å². The van der Waals surface area contributed by atoms with Gasteiger partial charge in [0.05, 0.1) is 23.5 Å². The Morgan fingerprint density at radius 1 is 1.00 bits per heavy atom. The van der Waals surface area contributed by atoms with Crippen molar-refractivity contribution in [1.82, 2.24) is 14.6 Å². The molecule has 0 spiro atoms. The predicted molar refractivity (Wildman–Crippen MR) is 120 cm³/mol. The van der Waals surface area contributed by atoms with Crippen LogP contribution in [0.1, 0.15) is 43.9 Å². The van der Waals surface area contributed by atoms with Crippen LogP contribution >= 0.6 is 0 Å². The number of hydrogen-bond acceptors (Lipinski definition) is 4. The summed E-state index contributed by atoms with van der Waals surface area (Å²) in [6.07, 6.45) is 3.08. The molecule has 0 radical (unpaired) electrons. The van der Waals surface area contributed by atoms with E-state index in [0.29, 0.717) is 41.3 Å². The van der Waals surface area contributed by atoms with Gasteiger partial charge in [0, 0.05) is 17.7 Å². The van der Waals surface area contributed by atoms with Crippen molar-refractivity contribution in [2.45, 2.75) is 32.7 Å². The van der Waals surface area contributed by atoms with Crippen LogP contribution in [0, 0.1) is 28.8 Å². The molecule has 5 rings (SSSR count). The molecule has 0 saturated carbocycles. The molecule has 5 nitrogen and oxygen atoms in total. The van der Waals surface area contributed by atoms with Crippen LogP contribution in [0.15, 0.2) is 54.7 Å². The largest absolute Gasteiger partial charge is 0.348 e. The van der Waals surface area contributed by atoms with Crippen LogP contribution in [0.25, 0.3) is 16.9 Å². The number of imidazole rings is 1. The molecule has 8 heteroatoms. The zero-order chi connectivity index (χ0) is 23.5. The number of anilines is 1. The van der Waals surface area contributed by atoms with Gasteiger partial charge in [0.15, 0.2) is 5.65 Å². The molecule has 0 amide bonds. The van der Waals surface area contributed by atoms with Gasteiger partial charge in [0.2, 0.25) is 0 Å². The van der Waals surface area contributed by atoms with Gasteiger partial charge in [0.25, 0.3) is 0 Å². The van der Waals surface area contributed by atoms with E-state index in [2.05, 4.69) is 10.1 Å². The molecule has 168 valence electrons. The number of benzene rings is 2. The minimum absolute atomic E-state index is 0.0387. The highest BCUT2D eigenvalue weighted by Crippen LogP contribution is 2.37. The minimum atomic E-state index is -0.618. The summed E-state index contributed by atoms with van der Waals surface area (Å²) in [5.74, 6) is -0.957. The van der Waals surface area contributed by atoms with Crippen LogP contribution < -0.4 is 4.90 Å². The first-order chi connectivity index (χ1) is 16.0. The van der Waals surface area contributed by atoms with Gasteiger partial charge in [-0.2, -0.15) is 5.26 Å². The second-order valence-corrected chi connectivity index (χ2v) is 7.43.